The number of sulfonamides is 1. The van der Waals surface area contributed by atoms with Crippen molar-refractivity contribution in [1.82, 2.24) is 10.2 Å². The molecule has 2 aromatic carbocycles. The second kappa shape index (κ2) is 13.9. The van der Waals surface area contributed by atoms with E-state index >= 15 is 0 Å². The summed E-state index contributed by atoms with van der Waals surface area (Å²) in [6.45, 7) is 2.17. The van der Waals surface area contributed by atoms with Gasteiger partial charge in [0, 0.05) is 30.6 Å². The summed E-state index contributed by atoms with van der Waals surface area (Å²) in [5.41, 5.74) is 1.17. The standard InChI is InChI=1S/C28H37ClFN3O4S/c1-3-26(28(35)31-24-8-5-4-6-9-24)32(20-21-11-13-22(29)14-12-21)27(34)10-7-19-33(38(2,36)37)25-17-15-23(30)16-18-25/h11-18,24,26H,3-10,19-20H2,1-2H3,(H,31,35)/t26-/m0/s1. The number of hydrogen-bond acceptors (Lipinski definition) is 4. The molecule has 0 bridgehead atoms. The predicted molar refractivity (Wildman–Crippen MR) is 149 cm³/mol. The van der Waals surface area contributed by atoms with E-state index in [0.717, 1.165) is 41.8 Å². The highest BCUT2D eigenvalue weighted by molar-refractivity contribution is 7.92. The van der Waals surface area contributed by atoms with Crippen molar-refractivity contribution in [2.24, 2.45) is 0 Å². The monoisotopic (exact) mass is 565 g/mol. The van der Waals surface area contributed by atoms with Crippen molar-refractivity contribution < 1.29 is 22.4 Å². The number of amides is 2. The average Bonchev–Trinajstić information content (AvgIpc) is 2.88. The Morgan fingerprint density at radius 1 is 1.05 bits per heavy atom. The molecule has 0 spiro atoms. The van der Waals surface area contributed by atoms with Crippen LogP contribution >= 0.6 is 11.6 Å². The molecule has 7 nitrogen and oxygen atoms in total. The highest BCUT2D eigenvalue weighted by atomic mass is 35.5. The molecule has 0 aromatic heterocycles. The van der Waals surface area contributed by atoms with Gasteiger partial charge in [-0.15, -0.1) is 0 Å². The summed E-state index contributed by atoms with van der Waals surface area (Å²) in [5.74, 6) is -0.865. The average molecular weight is 566 g/mol. The largest absolute Gasteiger partial charge is 0.352 e. The maximum Gasteiger partial charge on any atom is 0.243 e. The number of benzene rings is 2. The fourth-order valence-electron chi connectivity index (χ4n) is 4.86. The van der Waals surface area contributed by atoms with Crippen molar-refractivity contribution in [2.45, 2.75) is 76.9 Å². The number of halogens is 2. The third kappa shape index (κ3) is 8.70. The van der Waals surface area contributed by atoms with E-state index in [1.807, 2.05) is 19.1 Å². The molecule has 1 saturated carbocycles. The molecule has 0 radical (unpaired) electrons. The summed E-state index contributed by atoms with van der Waals surface area (Å²) in [7, 11) is -3.64. The maximum absolute atomic E-state index is 13.5. The number of anilines is 1. The van der Waals surface area contributed by atoms with E-state index in [4.69, 9.17) is 11.6 Å². The quantitative estimate of drug-likeness (QED) is 0.379. The number of nitrogens with zero attached hydrogens (tertiary/aromatic N) is 2. The fourth-order valence-corrected chi connectivity index (χ4v) is 5.95. The Bertz CT molecular complexity index is 1170. The zero-order valence-electron chi connectivity index (χ0n) is 22.0. The zero-order valence-corrected chi connectivity index (χ0v) is 23.6. The lowest BCUT2D eigenvalue weighted by Crippen LogP contribution is -2.51. The lowest BCUT2D eigenvalue weighted by Gasteiger charge is -2.33. The predicted octanol–water partition coefficient (Wildman–Crippen LogP) is 5.28. The summed E-state index contributed by atoms with van der Waals surface area (Å²) >= 11 is 6.03. The summed E-state index contributed by atoms with van der Waals surface area (Å²) in [5, 5.41) is 3.73. The van der Waals surface area contributed by atoms with Gasteiger partial charge in [-0.3, -0.25) is 13.9 Å². The van der Waals surface area contributed by atoms with E-state index in [1.54, 1.807) is 17.0 Å². The van der Waals surface area contributed by atoms with Crippen molar-refractivity contribution >= 4 is 39.1 Å². The second-order valence-corrected chi connectivity index (χ2v) is 12.2. The minimum absolute atomic E-state index is 0.0496. The Morgan fingerprint density at radius 2 is 1.68 bits per heavy atom. The maximum atomic E-state index is 13.5. The van der Waals surface area contributed by atoms with Crippen LogP contribution in [0.2, 0.25) is 5.02 Å². The molecule has 0 saturated heterocycles. The molecule has 0 unspecified atom stereocenters. The molecular formula is C28H37ClFN3O4S. The Balaban J connectivity index is 1.74. The van der Waals surface area contributed by atoms with Crippen LogP contribution in [-0.4, -0.2) is 50.0 Å². The topological polar surface area (TPSA) is 86.8 Å². The van der Waals surface area contributed by atoms with Crippen LogP contribution < -0.4 is 9.62 Å². The van der Waals surface area contributed by atoms with Crippen LogP contribution in [0.15, 0.2) is 48.5 Å². The fraction of sp³-hybridized carbons (Fsp3) is 0.500. The van der Waals surface area contributed by atoms with E-state index in [0.29, 0.717) is 17.1 Å². The first kappa shape index (κ1) is 29.9. The van der Waals surface area contributed by atoms with Crippen molar-refractivity contribution in [3.8, 4) is 0 Å². The first-order valence-corrected chi connectivity index (χ1v) is 15.4. The SMILES string of the molecule is CC[C@@H](C(=O)NC1CCCCC1)N(Cc1ccc(Cl)cc1)C(=O)CCCN(c1ccc(F)cc1)S(C)(=O)=O. The van der Waals surface area contributed by atoms with Gasteiger partial charge in [-0.05, 0) is 67.6 Å². The number of nitrogens with one attached hydrogen (secondary N) is 1. The van der Waals surface area contributed by atoms with Crippen LogP contribution in [-0.2, 0) is 26.2 Å². The molecule has 3 rings (SSSR count). The van der Waals surface area contributed by atoms with Crippen molar-refractivity contribution in [3.05, 3.63) is 64.9 Å². The Kier molecular flexibility index (Phi) is 11.0. The van der Waals surface area contributed by atoms with Gasteiger partial charge in [0.15, 0.2) is 0 Å². The number of rotatable bonds is 12. The van der Waals surface area contributed by atoms with E-state index in [-0.39, 0.29) is 43.8 Å². The van der Waals surface area contributed by atoms with Gasteiger partial charge >= 0.3 is 0 Å². The molecule has 1 atom stereocenters. The molecule has 2 aromatic rings. The Labute approximate surface area is 230 Å². The number of carbonyl (C=O) groups excluding carboxylic acids is 2. The van der Waals surface area contributed by atoms with Crippen LogP contribution in [0.25, 0.3) is 0 Å². The van der Waals surface area contributed by atoms with Gasteiger partial charge in [-0.2, -0.15) is 0 Å². The molecule has 10 heteroatoms. The van der Waals surface area contributed by atoms with Gasteiger partial charge in [0.05, 0.1) is 11.9 Å². The third-order valence-electron chi connectivity index (χ3n) is 6.87. The van der Waals surface area contributed by atoms with Crippen LogP contribution in [0.1, 0.15) is 63.9 Å². The number of hydrogen-bond donors (Lipinski definition) is 1. The van der Waals surface area contributed by atoms with E-state index in [1.165, 1.54) is 30.7 Å². The first-order chi connectivity index (χ1) is 18.1. The van der Waals surface area contributed by atoms with E-state index < -0.39 is 21.9 Å². The van der Waals surface area contributed by atoms with Gasteiger partial charge in [0.1, 0.15) is 11.9 Å². The molecule has 1 N–H and O–H groups in total. The lowest BCUT2D eigenvalue weighted by atomic mass is 9.95. The lowest BCUT2D eigenvalue weighted by molar-refractivity contribution is -0.141. The summed E-state index contributed by atoms with van der Waals surface area (Å²) in [6, 6.07) is 11.8. The van der Waals surface area contributed by atoms with E-state index in [2.05, 4.69) is 5.32 Å². The highest BCUT2D eigenvalue weighted by Gasteiger charge is 2.30. The number of carbonyl (C=O) groups is 2. The second-order valence-electron chi connectivity index (χ2n) is 9.83. The van der Waals surface area contributed by atoms with Gasteiger partial charge in [0.2, 0.25) is 21.8 Å². The minimum Gasteiger partial charge on any atom is -0.352 e. The first-order valence-electron chi connectivity index (χ1n) is 13.2. The molecule has 0 aliphatic heterocycles. The molecule has 0 heterocycles. The van der Waals surface area contributed by atoms with Gasteiger partial charge in [-0.25, -0.2) is 12.8 Å². The van der Waals surface area contributed by atoms with Crippen molar-refractivity contribution in [3.63, 3.8) is 0 Å². The summed E-state index contributed by atoms with van der Waals surface area (Å²) < 4.78 is 39.3. The highest BCUT2D eigenvalue weighted by Crippen LogP contribution is 2.22. The van der Waals surface area contributed by atoms with Crippen LogP contribution in [0.5, 0.6) is 0 Å². The Hall–Kier alpha value is -2.65. The summed E-state index contributed by atoms with van der Waals surface area (Å²) in [4.78, 5) is 28.4. The van der Waals surface area contributed by atoms with Crippen molar-refractivity contribution in [1.29, 1.82) is 0 Å². The normalized spacial score (nSPS) is 15.1. The Morgan fingerprint density at radius 3 is 2.26 bits per heavy atom. The molecule has 2 amide bonds. The van der Waals surface area contributed by atoms with Crippen LogP contribution in [0, 0.1) is 5.82 Å². The molecule has 38 heavy (non-hydrogen) atoms. The van der Waals surface area contributed by atoms with Gasteiger partial charge in [-0.1, -0.05) is 49.9 Å². The molecule has 1 aliphatic rings. The van der Waals surface area contributed by atoms with Gasteiger partial charge in [0.25, 0.3) is 0 Å². The molecule has 1 aliphatic carbocycles. The van der Waals surface area contributed by atoms with Crippen molar-refractivity contribution in [2.75, 3.05) is 17.1 Å². The van der Waals surface area contributed by atoms with Crippen LogP contribution in [0.4, 0.5) is 10.1 Å². The zero-order chi connectivity index (χ0) is 27.7. The summed E-state index contributed by atoms with van der Waals surface area (Å²) in [6.07, 6.45) is 7.04. The molecular weight excluding hydrogens is 529 g/mol. The third-order valence-corrected chi connectivity index (χ3v) is 8.32. The smallest absolute Gasteiger partial charge is 0.243 e. The minimum atomic E-state index is -3.64. The molecule has 208 valence electrons. The van der Waals surface area contributed by atoms with Gasteiger partial charge < -0.3 is 10.2 Å². The molecule has 1 fully saturated rings. The van der Waals surface area contributed by atoms with E-state index in [9.17, 15) is 22.4 Å². The van der Waals surface area contributed by atoms with Crippen LogP contribution in [0.3, 0.4) is 0 Å².